The molecule has 0 fully saturated rings. The highest BCUT2D eigenvalue weighted by Gasteiger charge is 2.30. The molecule has 2 heterocycles. The van der Waals surface area contributed by atoms with Gasteiger partial charge in [0, 0.05) is 47.5 Å². The number of nitrogens with one attached hydrogen (secondary N) is 2. The van der Waals surface area contributed by atoms with Crippen LogP contribution < -0.4 is 20.3 Å². The SMILES string of the molecule is COc1cc(NC(=O)c2cc3c([nH]c2=O)CC(c2ccco2)CC3=O)cc(OC)c1. The zero-order valence-corrected chi connectivity index (χ0v) is 16.5. The van der Waals surface area contributed by atoms with Crippen molar-refractivity contribution in [2.24, 2.45) is 0 Å². The van der Waals surface area contributed by atoms with Crippen LogP contribution >= 0.6 is 0 Å². The van der Waals surface area contributed by atoms with Gasteiger partial charge in [-0.3, -0.25) is 14.4 Å². The van der Waals surface area contributed by atoms with Crippen molar-refractivity contribution in [3.63, 3.8) is 0 Å². The second-order valence-corrected chi connectivity index (χ2v) is 7.00. The summed E-state index contributed by atoms with van der Waals surface area (Å²) in [6.45, 7) is 0. The lowest BCUT2D eigenvalue weighted by Crippen LogP contribution is -2.29. The Labute approximate surface area is 171 Å². The van der Waals surface area contributed by atoms with Crippen molar-refractivity contribution in [2.75, 3.05) is 19.5 Å². The molecule has 1 unspecified atom stereocenters. The minimum absolute atomic E-state index is 0.139. The monoisotopic (exact) mass is 408 g/mol. The number of aromatic nitrogens is 1. The summed E-state index contributed by atoms with van der Waals surface area (Å²) in [6, 6.07) is 9.81. The Balaban J connectivity index is 1.62. The van der Waals surface area contributed by atoms with E-state index in [1.807, 2.05) is 6.07 Å². The Morgan fingerprint density at radius 1 is 1.10 bits per heavy atom. The number of amides is 1. The minimum Gasteiger partial charge on any atom is -0.497 e. The molecule has 2 aromatic heterocycles. The molecule has 4 rings (SSSR count). The molecule has 0 saturated carbocycles. The summed E-state index contributed by atoms with van der Waals surface area (Å²) in [4.78, 5) is 40.7. The number of carbonyl (C=O) groups is 2. The van der Waals surface area contributed by atoms with Gasteiger partial charge < -0.3 is 24.2 Å². The van der Waals surface area contributed by atoms with E-state index in [9.17, 15) is 14.4 Å². The van der Waals surface area contributed by atoms with Crippen LogP contribution in [0.2, 0.25) is 0 Å². The molecule has 0 radical (unpaired) electrons. The predicted octanol–water partition coefficient (Wildman–Crippen LogP) is 3.15. The molecule has 1 aromatic carbocycles. The summed E-state index contributed by atoms with van der Waals surface area (Å²) in [5.41, 5.74) is 0.565. The van der Waals surface area contributed by atoms with Crippen LogP contribution in [0.4, 0.5) is 5.69 Å². The van der Waals surface area contributed by atoms with Crippen molar-refractivity contribution >= 4 is 17.4 Å². The van der Waals surface area contributed by atoms with Crippen molar-refractivity contribution in [3.05, 3.63) is 75.6 Å². The molecule has 1 aliphatic rings. The Hall–Kier alpha value is -3.81. The van der Waals surface area contributed by atoms with E-state index in [4.69, 9.17) is 13.9 Å². The number of Topliss-reactive ketones (excluding diaryl/α,β-unsaturated/α-hetero) is 1. The zero-order valence-electron chi connectivity index (χ0n) is 16.5. The molecule has 3 aromatic rings. The summed E-state index contributed by atoms with van der Waals surface area (Å²) < 4.78 is 15.8. The van der Waals surface area contributed by atoms with E-state index in [1.54, 1.807) is 30.5 Å². The van der Waals surface area contributed by atoms with Gasteiger partial charge >= 0.3 is 0 Å². The molecule has 0 saturated heterocycles. The number of hydrogen-bond acceptors (Lipinski definition) is 6. The third kappa shape index (κ3) is 3.71. The van der Waals surface area contributed by atoms with Crippen LogP contribution in [0.5, 0.6) is 11.5 Å². The van der Waals surface area contributed by atoms with Crippen LogP contribution in [0.25, 0.3) is 0 Å². The van der Waals surface area contributed by atoms with Gasteiger partial charge in [-0.25, -0.2) is 0 Å². The third-order valence-electron chi connectivity index (χ3n) is 5.11. The van der Waals surface area contributed by atoms with Crippen molar-refractivity contribution in [1.29, 1.82) is 0 Å². The first-order valence-electron chi connectivity index (χ1n) is 9.35. The fourth-order valence-corrected chi connectivity index (χ4v) is 3.60. The fourth-order valence-electron chi connectivity index (χ4n) is 3.60. The Morgan fingerprint density at radius 2 is 1.83 bits per heavy atom. The van der Waals surface area contributed by atoms with E-state index in [0.29, 0.717) is 40.6 Å². The lowest BCUT2D eigenvalue weighted by molar-refractivity contribution is 0.0959. The highest BCUT2D eigenvalue weighted by Crippen LogP contribution is 2.32. The van der Waals surface area contributed by atoms with Gasteiger partial charge in [0.2, 0.25) is 0 Å². The molecule has 154 valence electrons. The zero-order chi connectivity index (χ0) is 21.3. The summed E-state index contributed by atoms with van der Waals surface area (Å²) in [5.74, 6) is 0.760. The number of benzene rings is 1. The molecule has 8 nitrogen and oxygen atoms in total. The smallest absolute Gasteiger partial charge is 0.261 e. The average Bonchev–Trinajstić information content (AvgIpc) is 3.27. The molecule has 1 atom stereocenters. The number of H-pyrrole nitrogens is 1. The number of aromatic amines is 1. The van der Waals surface area contributed by atoms with Crippen LogP contribution in [0.3, 0.4) is 0 Å². The Morgan fingerprint density at radius 3 is 2.47 bits per heavy atom. The second kappa shape index (κ2) is 7.90. The standard InChI is InChI=1S/C22H20N2O6/c1-28-14-8-13(9-15(10-14)29-2)23-21(26)17-11-16-18(24-22(17)27)6-12(7-19(16)25)20-4-3-5-30-20/h3-5,8-12H,6-7H2,1-2H3,(H,23,26)(H,24,27). The number of methoxy groups -OCH3 is 2. The number of fused-ring (bicyclic) bond motifs is 1. The maximum absolute atomic E-state index is 12.7. The molecule has 0 bridgehead atoms. The average molecular weight is 408 g/mol. The number of hydrogen-bond donors (Lipinski definition) is 2. The van der Waals surface area contributed by atoms with Crippen molar-refractivity contribution < 1.29 is 23.5 Å². The quantitative estimate of drug-likeness (QED) is 0.671. The third-order valence-corrected chi connectivity index (χ3v) is 5.11. The number of furan rings is 1. The summed E-state index contributed by atoms with van der Waals surface area (Å²) >= 11 is 0. The molecular weight excluding hydrogens is 388 g/mol. The predicted molar refractivity (Wildman–Crippen MR) is 109 cm³/mol. The number of ether oxygens (including phenoxy) is 2. The van der Waals surface area contributed by atoms with Gasteiger partial charge in [-0.2, -0.15) is 0 Å². The van der Waals surface area contributed by atoms with Crippen LogP contribution in [0.15, 0.2) is 51.9 Å². The van der Waals surface area contributed by atoms with E-state index < -0.39 is 11.5 Å². The fraction of sp³-hybridized carbons (Fsp3) is 0.227. The van der Waals surface area contributed by atoms with E-state index in [0.717, 1.165) is 0 Å². The van der Waals surface area contributed by atoms with Gasteiger partial charge in [0.1, 0.15) is 22.8 Å². The first-order valence-corrected chi connectivity index (χ1v) is 9.35. The number of rotatable bonds is 5. The highest BCUT2D eigenvalue weighted by molar-refractivity contribution is 6.07. The summed E-state index contributed by atoms with van der Waals surface area (Å²) in [6.07, 6.45) is 2.26. The normalized spacial score (nSPS) is 15.4. The number of pyridine rings is 1. The topological polar surface area (TPSA) is 111 Å². The van der Waals surface area contributed by atoms with Gasteiger partial charge in [-0.15, -0.1) is 0 Å². The maximum Gasteiger partial charge on any atom is 0.261 e. The molecule has 1 aliphatic carbocycles. The van der Waals surface area contributed by atoms with Gasteiger partial charge in [-0.05, 0) is 24.6 Å². The van der Waals surface area contributed by atoms with Crippen LogP contribution in [0.1, 0.15) is 44.5 Å². The second-order valence-electron chi connectivity index (χ2n) is 7.00. The lowest BCUT2D eigenvalue weighted by atomic mass is 9.84. The van der Waals surface area contributed by atoms with Crippen LogP contribution in [0, 0.1) is 0 Å². The van der Waals surface area contributed by atoms with Gasteiger partial charge in [0.15, 0.2) is 5.78 Å². The highest BCUT2D eigenvalue weighted by atomic mass is 16.5. The largest absolute Gasteiger partial charge is 0.497 e. The summed E-state index contributed by atoms with van der Waals surface area (Å²) in [7, 11) is 2.99. The Kier molecular flexibility index (Phi) is 5.14. The van der Waals surface area contributed by atoms with Crippen LogP contribution in [-0.2, 0) is 6.42 Å². The maximum atomic E-state index is 12.7. The number of carbonyl (C=O) groups excluding carboxylic acids is 2. The van der Waals surface area contributed by atoms with Crippen LogP contribution in [-0.4, -0.2) is 30.9 Å². The minimum atomic E-state index is -0.629. The molecule has 0 aliphatic heterocycles. The van der Waals surface area contributed by atoms with E-state index >= 15 is 0 Å². The lowest BCUT2D eigenvalue weighted by Gasteiger charge is -2.22. The molecule has 1 amide bonds. The number of anilines is 1. The number of ketones is 1. The summed E-state index contributed by atoms with van der Waals surface area (Å²) in [5, 5.41) is 2.66. The first-order chi connectivity index (χ1) is 14.5. The van der Waals surface area contributed by atoms with Gasteiger partial charge in [0.25, 0.3) is 11.5 Å². The van der Waals surface area contributed by atoms with Gasteiger partial charge in [-0.1, -0.05) is 0 Å². The Bertz CT molecular complexity index is 1140. The molecule has 2 N–H and O–H groups in total. The molecule has 30 heavy (non-hydrogen) atoms. The first kappa shape index (κ1) is 19.5. The molecule has 8 heteroatoms. The van der Waals surface area contributed by atoms with E-state index in [1.165, 1.54) is 20.3 Å². The molecular formula is C22H20N2O6. The van der Waals surface area contributed by atoms with E-state index in [-0.39, 0.29) is 23.7 Å². The van der Waals surface area contributed by atoms with E-state index in [2.05, 4.69) is 10.3 Å². The molecule has 0 spiro atoms. The van der Waals surface area contributed by atoms with Gasteiger partial charge in [0.05, 0.1) is 20.5 Å². The van der Waals surface area contributed by atoms with Crippen molar-refractivity contribution in [1.82, 2.24) is 4.98 Å². The van der Waals surface area contributed by atoms with Crippen molar-refractivity contribution in [2.45, 2.75) is 18.8 Å². The van der Waals surface area contributed by atoms with Crippen molar-refractivity contribution in [3.8, 4) is 11.5 Å².